The first-order valence-corrected chi connectivity index (χ1v) is 32.9. The number of aliphatic hydroxyl groups excluding tert-OH is 2. The lowest BCUT2D eigenvalue weighted by molar-refractivity contribution is -0.143. The Morgan fingerprint density at radius 1 is 0.375 bits per heavy atom. The van der Waals surface area contributed by atoms with Crippen LogP contribution in [0.1, 0.15) is 373 Å². The second-order valence-corrected chi connectivity index (χ2v) is 22.8. The maximum absolute atomic E-state index is 12.5. The number of aliphatic hydroxyl groups is 2. The van der Waals surface area contributed by atoms with Crippen LogP contribution < -0.4 is 5.32 Å². The molecule has 3 N–H and O–H groups in total. The van der Waals surface area contributed by atoms with Crippen LogP contribution in [0, 0.1) is 0 Å². The van der Waals surface area contributed by atoms with E-state index in [1.165, 1.54) is 302 Å². The highest BCUT2D eigenvalue weighted by Gasteiger charge is 2.20. The molecule has 0 saturated heterocycles. The molecule has 428 valence electrons. The Labute approximate surface area is 450 Å². The molecule has 0 fully saturated rings. The van der Waals surface area contributed by atoms with E-state index in [4.69, 9.17) is 4.74 Å². The summed E-state index contributed by atoms with van der Waals surface area (Å²) in [7, 11) is 0. The first-order chi connectivity index (χ1) is 35.5. The van der Waals surface area contributed by atoms with Crippen molar-refractivity contribution in [1.82, 2.24) is 5.32 Å². The Bertz CT molecular complexity index is 1080. The highest BCUT2D eigenvalue weighted by Crippen LogP contribution is 2.18. The van der Waals surface area contributed by atoms with Crippen LogP contribution >= 0.6 is 0 Å². The molecule has 2 atom stereocenters. The average molecular weight is 1020 g/mol. The Kier molecular flexibility index (Phi) is 60.9. The predicted octanol–water partition coefficient (Wildman–Crippen LogP) is 20.8. The molecule has 6 heteroatoms. The normalized spacial score (nSPS) is 12.6. The third-order valence-electron chi connectivity index (χ3n) is 15.6. The number of ether oxygens (including phenoxy) is 1. The molecule has 0 bridgehead atoms. The highest BCUT2D eigenvalue weighted by atomic mass is 16.5. The minimum atomic E-state index is -0.659. The molecule has 0 spiro atoms. The van der Waals surface area contributed by atoms with Crippen molar-refractivity contribution in [3.8, 4) is 0 Å². The van der Waals surface area contributed by atoms with Gasteiger partial charge in [-0.25, -0.2) is 0 Å². The average Bonchev–Trinajstić information content (AvgIpc) is 3.38. The van der Waals surface area contributed by atoms with Gasteiger partial charge in [-0.05, 0) is 51.4 Å². The van der Waals surface area contributed by atoms with Crippen molar-refractivity contribution in [2.45, 2.75) is 386 Å². The van der Waals surface area contributed by atoms with Gasteiger partial charge >= 0.3 is 5.97 Å². The van der Waals surface area contributed by atoms with Gasteiger partial charge in [0.05, 0.1) is 25.4 Å². The lowest BCUT2D eigenvalue weighted by atomic mass is 10.0. The second kappa shape index (κ2) is 62.1. The number of rotatable bonds is 62. The number of nitrogens with one attached hydrogen (secondary N) is 1. The number of allylic oxidation sites excluding steroid dienone is 2. The molecule has 72 heavy (non-hydrogen) atoms. The molecule has 2 unspecified atom stereocenters. The van der Waals surface area contributed by atoms with Gasteiger partial charge in [-0.15, -0.1) is 0 Å². The minimum Gasteiger partial charge on any atom is -0.466 e. The first kappa shape index (κ1) is 70.6. The maximum Gasteiger partial charge on any atom is 0.305 e. The van der Waals surface area contributed by atoms with Gasteiger partial charge in [0.2, 0.25) is 5.91 Å². The summed E-state index contributed by atoms with van der Waals surface area (Å²) in [5.74, 6) is -0.0121. The van der Waals surface area contributed by atoms with E-state index in [-0.39, 0.29) is 18.5 Å². The molecule has 0 saturated carbocycles. The molecule has 1 amide bonds. The van der Waals surface area contributed by atoms with E-state index in [0.717, 1.165) is 38.5 Å². The van der Waals surface area contributed by atoms with Gasteiger partial charge in [-0.3, -0.25) is 9.59 Å². The summed E-state index contributed by atoms with van der Waals surface area (Å²) >= 11 is 0. The van der Waals surface area contributed by atoms with Gasteiger partial charge in [-0.2, -0.15) is 0 Å². The zero-order valence-electron chi connectivity index (χ0n) is 48.9. The number of hydrogen-bond acceptors (Lipinski definition) is 5. The summed E-state index contributed by atoms with van der Waals surface area (Å²) in [4.78, 5) is 24.5. The monoisotopic (exact) mass is 1020 g/mol. The second-order valence-electron chi connectivity index (χ2n) is 22.8. The van der Waals surface area contributed by atoms with E-state index >= 15 is 0 Å². The topological polar surface area (TPSA) is 95.9 Å². The van der Waals surface area contributed by atoms with Crippen molar-refractivity contribution < 1.29 is 24.5 Å². The lowest BCUT2D eigenvalue weighted by Gasteiger charge is -2.22. The summed E-state index contributed by atoms with van der Waals surface area (Å²) in [6, 6.07) is -0.537. The Hall–Kier alpha value is -1.40. The smallest absolute Gasteiger partial charge is 0.305 e. The van der Waals surface area contributed by atoms with E-state index in [9.17, 15) is 19.8 Å². The molecule has 0 aliphatic carbocycles. The number of esters is 1. The van der Waals surface area contributed by atoms with E-state index in [1.54, 1.807) is 0 Å². The van der Waals surface area contributed by atoms with Crippen molar-refractivity contribution in [1.29, 1.82) is 0 Å². The molecule has 0 aromatic heterocycles. The number of amides is 1. The molecule has 0 rings (SSSR count). The first-order valence-electron chi connectivity index (χ1n) is 32.9. The van der Waals surface area contributed by atoms with Crippen molar-refractivity contribution >= 4 is 11.9 Å². The molecule has 0 aliphatic heterocycles. The lowest BCUT2D eigenvalue weighted by Crippen LogP contribution is -2.45. The van der Waals surface area contributed by atoms with Crippen molar-refractivity contribution in [2.24, 2.45) is 0 Å². The van der Waals surface area contributed by atoms with Gasteiger partial charge in [0.25, 0.3) is 0 Å². The van der Waals surface area contributed by atoms with E-state index in [0.29, 0.717) is 25.9 Å². The predicted molar refractivity (Wildman–Crippen MR) is 315 cm³/mol. The highest BCUT2D eigenvalue weighted by molar-refractivity contribution is 5.76. The number of hydrogen-bond donors (Lipinski definition) is 3. The molecule has 6 nitrogen and oxygen atoms in total. The van der Waals surface area contributed by atoms with Gasteiger partial charge in [0.15, 0.2) is 0 Å². The number of unbranched alkanes of at least 4 members (excludes halogenated alkanes) is 49. The summed E-state index contributed by atoms with van der Waals surface area (Å²) in [6.07, 6.45) is 75.4. The van der Waals surface area contributed by atoms with Crippen molar-refractivity contribution in [2.75, 3.05) is 13.2 Å². The van der Waals surface area contributed by atoms with Crippen LogP contribution in [0.15, 0.2) is 12.2 Å². The summed E-state index contributed by atoms with van der Waals surface area (Å²) in [5, 5.41) is 23.2. The summed E-state index contributed by atoms with van der Waals surface area (Å²) in [5.41, 5.74) is 0. The molecule has 0 aromatic rings. The van der Waals surface area contributed by atoms with E-state index < -0.39 is 12.1 Å². The Morgan fingerprint density at radius 2 is 0.653 bits per heavy atom. The summed E-state index contributed by atoms with van der Waals surface area (Å²) < 4.78 is 5.47. The van der Waals surface area contributed by atoms with Gasteiger partial charge in [0.1, 0.15) is 0 Å². The molecule has 0 aromatic carbocycles. The van der Waals surface area contributed by atoms with Crippen molar-refractivity contribution in [3.05, 3.63) is 12.2 Å². The minimum absolute atomic E-state index is 0.0189. The third-order valence-corrected chi connectivity index (χ3v) is 15.6. The van der Waals surface area contributed by atoms with Crippen LogP contribution in [0.25, 0.3) is 0 Å². The Morgan fingerprint density at radius 3 is 0.986 bits per heavy atom. The molecule has 0 heterocycles. The fourth-order valence-electron chi connectivity index (χ4n) is 10.5. The maximum atomic E-state index is 12.5. The van der Waals surface area contributed by atoms with Crippen LogP contribution in [0.4, 0.5) is 0 Å². The van der Waals surface area contributed by atoms with Crippen LogP contribution in [0.5, 0.6) is 0 Å². The molecular weight excluding hydrogens is 887 g/mol. The van der Waals surface area contributed by atoms with Gasteiger partial charge in [0, 0.05) is 12.8 Å². The van der Waals surface area contributed by atoms with E-state index in [2.05, 4.69) is 31.3 Å². The largest absolute Gasteiger partial charge is 0.466 e. The van der Waals surface area contributed by atoms with Crippen LogP contribution in [0.3, 0.4) is 0 Å². The molecule has 0 aliphatic rings. The summed E-state index contributed by atoms with van der Waals surface area (Å²) in [6.45, 7) is 4.97. The molecular formula is C66H129NO5. The standard InChI is InChI=1S/C66H129NO5/c1-3-5-7-9-11-13-38-42-46-50-54-58-64(69)63(62-68)67-65(70)59-55-51-47-43-40-36-34-32-30-28-26-24-22-20-18-16-15-17-19-21-23-25-27-29-31-33-35-37-41-45-49-53-57-61-72-66(71)60-56-52-48-44-39-14-12-10-8-6-4-2/h19,21,63-64,68-69H,3-18,20,22-62H2,1-2H3,(H,67,70)/b21-19-. The SMILES string of the molecule is CCCCCCCCCCCCCC(=O)OCCCCCCCCCCCCCC/C=C\CCCCCCCCCCCCCCCCCCCC(=O)NC(CO)C(O)CCCCCCCCCCCCC. The van der Waals surface area contributed by atoms with Gasteiger partial charge < -0.3 is 20.3 Å². The van der Waals surface area contributed by atoms with Crippen LogP contribution in [-0.2, 0) is 14.3 Å². The quantitative estimate of drug-likeness (QED) is 0.0320. The Balaban J connectivity index is 3.32. The van der Waals surface area contributed by atoms with E-state index in [1.807, 2.05) is 0 Å². The fraction of sp³-hybridized carbons (Fsp3) is 0.939. The zero-order chi connectivity index (χ0) is 52.2. The number of carbonyl (C=O) groups is 2. The van der Waals surface area contributed by atoms with Crippen molar-refractivity contribution in [3.63, 3.8) is 0 Å². The van der Waals surface area contributed by atoms with Crippen LogP contribution in [-0.4, -0.2) is 47.4 Å². The van der Waals surface area contributed by atoms with Crippen LogP contribution in [0.2, 0.25) is 0 Å². The zero-order valence-corrected chi connectivity index (χ0v) is 48.9. The third kappa shape index (κ3) is 57.9. The fourth-order valence-corrected chi connectivity index (χ4v) is 10.5. The number of carbonyl (C=O) groups excluding carboxylic acids is 2. The molecule has 0 radical (unpaired) electrons. The van der Waals surface area contributed by atoms with Gasteiger partial charge in [-0.1, -0.05) is 321 Å².